The zero-order chi connectivity index (χ0) is 21.5. The Morgan fingerprint density at radius 2 is 1.83 bits per heavy atom. The Labute approximate surface area is 173 Å². The fourth-order valence-electron chi connectivity index (χ4n) is 3.30. The first-order valence-corrected chi connectivity index (χ1v) is 10.3. The van der Waals surface area contributed by atoms with Gasteiger partial charge in [-0.3, -0.25) is 14.3 Å². The summed E-state index contributed by atoms with van der Waals surface area (Å²) in [6, 6.07) is 5.91. The third kappa shape index (κ3) is 5.03. The van der Waals surface area contributed by atoms with Crippen LogP contribution in [0.3, 0.4) is 0 Å². The molecule has 0 unspecified atom stereocenters. The Hall–Kier alpha value is -3.23. The number of nitrogens with zero attached hydrogens (tertiary/aromatic N) is 4. The van der Waals surface area contributed by atoms with Gasteiger partial charge >= 0.3 is 5.69 Å². The average molecular weight is 414 g/mol. The lowest BCUT2D eigenvalue weighted by molar-refractivity contribution is 0.565. The Morgan fingerprint density at radius 1 is 1.13 bits per heavy atom. The van der Waals surface area contributed by atoms with Crippen molar-refractivity contribution >= 4 is 23.3 Å². The number of imidazole rings is 1. The van der Waals surface area contributed by atoms with Crippen LogP contribution < -0.4 is 16.7 Å². The van der Waals surface area contributed by atoms with E-state index in [1.165, 1.54) is 42.2 Å². The van der Waals surface area contributed by atoms with Gasteiger partial charge in [0.15, 0.2) is 11.2 Å². The molecule has 0 atom stereocenters. The van der Waals surface area contributed by atoms with Gasteiger partial charge in [-0.2, -0.15) is 10.1 Å². The van der Waals surface area contributed by atoms with E-state index < -0.39 is 11.2 Å². The average Bonchev–Trinajstić information content (AvgIpc) is 3.09. The molecule has 3 rings (SSSR count). The standard InChI is InChI=1S/C21H27FN6O2/c1-3-4-5-6-7-8-13-28-17-18(27(2)21(30)25-19(17)29)24-20(28)26-23-14-15-9-11-16(22)12-10-15/h9-12,14H,3-8,13H2,1-2H3,(H,24,26)(H,25,29,30)/b23-14-. The van der Waals surface area contributed by atoms with Gasteiger partial charge in [0.2, 0.25) is 5.95 Å². The highest BCUT2D eigenvalue weighted by Crippen LogP contribution is 2.17. The molecule has 0 aliphatic carbocycles. The van der Waals surface area contributed by atoms with Crippen molar-refractivity contribution in [1.82, 2.24) is 19.1 Å². The maximum Gasteiger partial charge on any atom is 0.329 e. The Bertz CT molecular complexity index is 1130. The van der Waals surface area contributed by atoms with Crippen LogP contribution in [0.4, 0.5) is 10.3 Å². The van der Waals surface area contributed by atoms with Crippen molar-refractivity contribution in [2.45, 2.75) is 52.0 Å². The van der Waals surface area contributed by atoms with Crippen LogP contribution >= 0.6 is 0 Å². The number of benzene rings is 1. The summed E-state index contributed by atoms with van der Waals surface area (Å²) in [5.41, 5.74) is 3.23. The molecule has 0 aliphatic heterocycles. The number of aromatic nitrogens is 4. The minimum absolute atomic E-state index is 0.300. The molecule has 0 aliphatic rings. The number of H-pyrrole nitrogens is 1. The van der Waals surface area contributed by atoms with E-state index in [0.29, 0.717) is 29.2 Å². The first kappa shape index (κ1) is 21.5. The van der Waals surface area contributed by atoms with Gasteiger partial charge in [0.05, 0.1) is 6.21 Å². The summed E-state index contributed by atoms with van der Waals surface area (Å²) in [5.74, 6) is 0.0598. The van der Waals surface area contributed by atoms with Gasteiger partial charge in [-0.15, -0.1) is 0 Å². The SMILES string of the molecule is CCCCCCCCn1c(N/N=C\c2ccc(F)cc2)nc2c1c(=O)[nH]c(=O)n2C. The molecule has 2 aromatic heterocycles. The highest BCUT2D eigenvalue weighted by atomic mass is 19.1. The van der Waals surface area contributed by atoms with Crippen LogP contribution in [-0.4, -0.2) is 25.3 Å². The van der Waals surface area contributed by atoms with Crippen LogP contribution in [-0.2, 0) is 13.6 Å². The van der Waals surface area contributed by atoms with Crippen LogP contribution in [0.2, 0.25) is 0 Å². The number of hydrogen-bond donors (Lipinski definition) is 2. The number of nitrogens with one attached hydrogen (secondary N) is 2. The van der Waals surface area contributed by atoms with Gasteiger partial charge in [-0.25, -0.2) is 14.6 Å². The first-order valence-electron chi connectivity index (χ1n) is 10.3. The normalized spacial score (nSPS) is 11.6. The van der Waals surface area contributed by atoms with Crippen molar-refractivity contribution in [3.8, 4) is 0 Å². The molecular formula is C21H27FN6O2. The fourth-order valence-corrected chi connectivity index (χ4v) is 3.30. The van der Waals surface area contributed by atoms with Gasteiger partial charge in [0, 0.05) is 13.6 Å². The topological polar surface area (TPSA) is 97.1 Å². The van der Waals surface area contributed by atoms with E-state index >= 15 is 0 Å². The first-order chi connectivity index (χ1) is 14.5. The second-order valence-electron chi connectivity index (χ2n) is 7.27. The maximum absolute atomic E-state index is 13.0. The predicted octanol–water partition coefficient (Wildman–Crippen LogP) is 3.37. The summed E-state index contributed by atoms with van der Waals surface area (Å²) >= 11 is 0. The summed E-state index contributed by atoms with van der Waals surface area (Å²) < 4.78 is 16.1. The molecule has 0 fully saturated rings. The smallest absolute Gasteiger partial charge is 0.303 e. The molecule has 8 nitrogen and oxygen atoms in total. The third-order valence-electron chi connectivity index (χ3n) is 4.99. The lowest BCUT2D eigenvalue weighted by Gasteiger charge is -2.08. The lowest BCUT2D eigenvalue weighted by atomic mass is 10.1. The van der Waals surface area contributed by atoms with E-state index in [1.807, 2.05) is 0 Å². The molecule has 2 heterocycles. The van der Waals surface area contributed by atoms with E-state index in [-0.39, 0.29) is 5.82 Å². The molecule has 1 aromatic carbocycles. The molecule has 0 radical (unpaired) electrons. The minimum atomic E-state index is -0.516. The van der Waals surface area contributed by atoms with E-state index in [9.17, 15) is 14.0 Å². The summed E-state index contributed by atoms with van der Waals surface area (Å²) in [5, 5.41) is 4.17. The number of hydrogen-bond acceptors (Lipinski definition) is 5. The van der Waals surface area contributed by atoms with Crippen molar-refractivity contribution in [2.24, 2.45) is 12.1 Å². The quantitative estimate of drug-likeness (QED) is 0.302. The van der Waals surface area contributed by atoms with E-state index in [2.05, 4.69) is 27.4 Å². The second-order valence-corrected chi connectivity index (χ2v) is 7.27. The third-order valence-corrected chi connectivity index (χ3v) is 4.99. The predicted molar refractivity (Wildman–Crippen MR) is 117 cm³/mol. The number of anilines is 1. The van der Waals surface area contributed by atoms with Gasteiger partial charge < -0.3 is 4.57 Å². The molecule has 0 saturated heterocycles. The largest absolute Gasteiger partial charge is 0.329 e. The Balaban J connectivity index is 1.84. The zero-order valence-corrected chi connectivity index (χ0v) is 17.3. The maximum atomic E-state index is 13.0. The number of halogens is 1. The summed E-state index contributed by atoms with van der Waals surface area (Å²) in [7, 11) is 1.56. The van der Waals surface area contributed by atoms with E-state index in [0.717, 1.165) is 19.3 Å². The van der Waals surface area contributed by atoms with Crippen LogP contribution in [0.15, 0.2) is 39.0 Å². The Kier molecular flexibility index (Phi) is 7.16. The van der Waals surface area contributed by atoms with Crippen molar-refractivity contribution in [1.29, 1.82) is 0 Å². The molecule has 3 aromatic rings. The number of fused-ring (bicyclic) bond motifs is 1. The molecule has 0 amide bonds. The molecule has 160 valence electrons. The monoisotopic (exact) mass is 414 g/mol. The molecule has 9 heteroatoms. The number of unbranched alkanes of at least 4 members (excludes halogenated alkanes) is 5. The lowest BCUT2D eigenvalue weighted by Crippen LogP contribution is -2.29. The molecule has 0 bridgehead atoms. The minimum Gasteiger partial charge on any atom is -0.303 e. The van der Waals surface area contributed by atoms with Gasteiger partial charge in [-0.05, 0) is 24.1 Å². The second kappa shape index (κ2) is 10.00. The van der Waals surface area contributed by atoms with Gasteiger partial charge in [0.1, 0.15) is 5.82 Å². The van der Waals surface area contributed by atoms with Crippen molar-refractivity contribution in [3.63, 3.8) is 0 Å². The van der Waals surface area contributed by atoms with E-state index in [1.54, 1.807) is 23.7 Å². The number of hydrazone groups is 1. The Morgan fingerprint density at radius 3 is 2.57 bits per heavy atom. The van der Waals surface area contributed by atoms with Gasteiger partial charge in [-0.1, -0.05) is 51.2 Å². The highest BCUT2D eigenvalue weighted by Gasteiger charge is 2.16. The number of aromatic amines is 1. The van der Waals surface area contributed by atoms with Crippen molar-refractivity contribution in [2.75, 3.05) is 5.43 Å². The van der Waals surface area contributed by atoms with Gasteiger partial charge in [0.25, 0.3) is 5.56 Å². The van der Waals surface area contributed by atoms with Crippen molar-refractivity contribution < 1.29 is 4.39 Å². The van der Waals surface area contributed by atoms with Crippen LogP contribution in [0.1, 0.15) is 51.0 Å². The molecule has 30 heavy (non-hydrogen) atoms. The summed E-state index contributed by atoms with van der Waals surface area (Å²) in [6.07, 6.45) is 8.22. The summed E-state index contributed by atoms with van der Waals surface area (Å²) in [4.78, 5) is 31.2. The van der Waals surface area contributed by atoms with E-state index in [4.69, 9.17) is 0 Å². The zero-order valence-electron chi connectivity index (χ0n) is 17.3. The summed E-state index contributed by atoms with van der Waals surface area (Å²) in [6.45, 7) is 2.76. The van der Waals surface area contributed by atoms with Crippen LogP contribution in [0.5, 0.6) is 0 Å². The molecule has 0 saturated carbocycles. The van der Waals surface area contributed by atoms with Crippen LogP contribution in [0.25, 0.3) is 11.2 Å². The van der Waals surface area contributed by atoms with Crippen molar-refractivity contribution in [3.05, 3.63) is 56.5 Å². The molecular weight excluding hydrogens is 387 g/mol. The fraction of sp³-hybridized carbons (Fsp3) is 0.429. The highest BCUT2D eigenvalue weighted by molar-refractivity contribution is 5.80. The number of aryl methyl sites for hydroxylation is 2. The molecule has 0 spiro atoms. The van der Waals surface area contributed by atoms with Crippen LogP contribution in [0, 0.1) is 5.82 Å². The molecule has 2 N–H and O–H groups in total. The number of rotatable bonds is 10.